The van der Waals surface area contributed by atoms with Crippen LogP contribution in [0.3, 0.4) is 0 Å². The third-order valence-electron chi connectivity index (χ3n) is 2.08. The number of hydrogen-bond donors (Lipinski definition) is 3. The molecule has 7 nitrogen and oxygen atoms in total. The van der Waals surface area contributed by atoms with E-state index in [1.54, 1.807) is 0 Å². The monoisotopic (exact) mass is 233 g/mol. The topological polar surface area (TPSA) is 137 Å². The molecule has 15 heavy (non-hydrogen) atoms. The smallest absolute Gasteiger partial charge is 0.218 e. The third-order valence-corrected chi connectivity index (χ3v) is 3.80. The molecule has 0 spiro atoms. The normalized spacial score (nSPS) is 22.3. The summed E-state index contributed by atoms with van der Waals surface area (Å²) in [6.45, 7) is 0. The Bertz CT molecular complexity index is 368. The summed E-state index contributed by atoms with van der Waals surface area (Å²) in [4.78, 5) is 7.58. The maximum Gasteiger partial charge on any atom is 0.218 e. The van der Waals surface area contributed by atoms with Crippen molar-refractivity contribution in [3.63, 3.8) is 0 Å². The summed E-state index contributed by atoms with van der Waals surface area (Å²) >= 11 is 0. The molecule has 0 amide bonds. The number of nitrogens with zero attached hydrogens (tertiary/aromatic N) is 2. The zero-order chi connectivity index (χ0) is 11.5. The Morgan fingerprint density at radius 3 is 2.13 bits per heavy atom. The fourth-order valence-electron chi connectivity index (χ4n) is 1.35. The highest BCUT2D eigenvalue weighted by atomic mass is 32.2. The lowest BCUT2D eigenvalue weighted by Crippen LogP contribution is -2.29. The van der Waals surface area contributed by atoms with Gasteiger partial charge in [0.15, 0.2) is 5.96 Å². The Kier molecular flexibility index (Phi) is 3.51. The van der Waals surface area contributed by atoms with E-state index in [1.807, 2.05) is 0 Å². The summed E-state index contributed by atoms with van der Waals surface area (Å²) in [5, 5.41) is 0. The average molecular weight is 233 g/mol. The van der Waals surface area contributed by atoms with Gasteiger partial charge < -0.3 is 17.2 Å². The van der Waals surface area contributed by atoms with Crippen LogP contribution in [0.1, 0.15) is 12.8 Å². The minimum absolute atomic E-state index is 0.000650. The number of sulfone groups is 1. The Morgan fingerprint density at radius 2 is 1.67 bits per heavy atom. The first-order valence-corrected chi connectivity index (χ1v) is 6.34. The predicted octanol–water partition coefficient (Wildman–Crippen LogP) is -1.85. The van der Waals surface area contributed by atoms with Crippen molar-refractivity contribution in [2.24, 2.45) is 27.2 Å². The van der Waals surface area contributed by atoms with E-state index in [-0.39, 0.29) is 29.5 Å². The molecule has 1 heterocycles. The molecule has 1 aliphatic heterocycles. The van der Waals surface area contributed by atoms with E-state index in [9.17, 15) is 8.42 Å². The van der Waals surface area contributed by atoms with E-state index in [0.717, 1.165) is 0 Å². The van der Waals surface area contributed by atoms with Crippen LogP contribution in [0.4, 0.5) is 0 Å². The molecule has 86 valence electrons. The summed E-state index contributed by atoms with van der Waals surface area (Å²) in [5.74, 6) is 0.144. The van der Waals surface area contributed by atoms with Crippen molar-refractivity contribution in [3.05, 3.63) is 0 Å². The molecule has 0 saturated carbocycles. The molecule has 0 radical (unpaired) electrons. The van der Waals surface area contributed by atoms with Gasteiger partial charge in [-0.3, -0.25) is 0 Å². The van der Waals surface area contributed by atoms with Crippen LogP contribution >= 0.6 is 0 Å². The summed E-state index contributed by atoms with van der Waals surface area (Å²) in [6, 6.07) is -0.100. The lowest BCUT2D eigenvalue weighted by molar-refractivity contribution is 0.547. The van der Waals surface area contributed by atoms with Gasteiger partial charge >= 0.3 is 0 Å². The number of guanidine groups is 2. The van der Waals surface area contributed by atoms with Crippen LogP contribution in [0.2, 0.25) is 0 Å². The third kappa shape index (κ3) is 4.15. The fraction of sp³-hybridized carbons (Fsp3) is 0.714. The molecular formula is C7H15N5O2S. The van der Waals surface area contributed by atoms with Crippen molar-refractivity contribution in [2.45, 2.75) is 18.9 Å². The van der Waals surface area contributed by atoms with Crippen molar-refractivity contribution in [1.82, 2.24) is 0 Å². The molecule has 0 unspecified atom stereocenters. The zero-order valence-electron chi connectivity index (χ0n) is 8.26. The van der Waals surface area contributed by atoms with E-state index in [4.69, 9.17) is 17.2 Å². The molecule has 0 aliphatic carbocycles. The van der Waals surface area contributed by atoms with Gasteiger partial charge in [-0.1, -0.05) is 0 Å². The van der Waals surface area contributed by atoms with Crippen LogP contribution in [-0.4, -0.2) is 37.9 Å². The van der Waals surface area contributed by atoms with Crippen molar-refractivity contribution in [3.8, 4) is 0 Å². The van der Waals surface area contributed by atoms with Gasteiger partial charge in [-0.25, -0.2) is 13.4 Å². The molecule has 1 saturated heterocycles. The number of aliphatic imine (C=N–C) groups is 2. The van der Waals surface area contributed by atoms with E-state index in [1.165, 1.54) is 0 Å². The molecule has 8 heteroatoms. The lowest BCUT2D eigenvalue weighted by Gasteiger charge is -2.18. The van der Waals surface area contributed by atoms with Gasteiger partial charge in [-0.2, -0.15) is 4.99 Å². The Balaban J connectivity index is 2.59. The summed E-state index contributed by atoms with van der Waals surface area (Å²) < 4.78 is 22.2. The molecule has 6 N–H and O–H groups in total. The van der Waals surface area contributed by atoms with Gasteiger partial charge in [0.25, 0.3) is 0 Å². The van der Waals surface area contributed by atoms with Crippen LogP contribution < -0.4 is 17.2 Å². The predicted molar refractivity (Wildman–Crippen MR) is 59.1 cm³/mol. The second-order valence-corrected chi connectivity index (χ2v) is 5.71. The van der Waals surface area contributed by atoms with Gasteiger partial charge in [0.2, 0.25) is 5.96 Å². The van der Waals surface area contributed by atoms with Crippen molar-refractivity contribution < 1.29 is 8.42 Å². The molecule has 1 rings (SSSR count). The van der Waals surface area contributed by atoms with Gasteiger partial charge in [-0.05, 0) is 12.8 Å². The highest BCUT2D eigenvalue weighted by molar-refractivity contribution is 7.91. The molecule has 0 aromatic rings. The summed E-state index contributed by atoms with van der Waals surface area (Å²) in [6.07, 6.45) is 0.950. The SMILES string of the molecule is NC(N)=NC(N)=NC1CCS(=O)(=O)CC1. The highest BCUT2D eigenvalue weighted by Gasteiger charge is 2.23. The van der Waals surface area contributed by atoms with Gasteiger partial charge in [0.05, 0.1) is 17.5 Å². The molecule has 1 fully saturated rings. The first kappa shape index (κ1) is 11.8. The lowest BCUT2D eigenvalue weighted by atomic mass is 10.2. The Morgan fingerprint density at radius 1 is 1.13 bits per heavy atom. The maximum atomic E-state index is 11.1. The average Bonchev–Trinajstić information content (AvgIpc) is 2.07. The quantitative estimate of drug-likeness (QED) is 0.360. The Labute approximate surface area is 88.4 Å². The fourth-order valence-corrected chi connectivity index (χ4v) is 2.82. The van der Waals surface area contributed by atoms with Crippen molar-refractivity contribution in [1.29, 1.82) is 0 Å². The van der Waals surface area contributed by atoms with Gasteiger partial charge in [-0.15, -0.1) is 0 Å². The number of nitrogens with two attached hydrogens (primary N) is 3. The van der Waals surface area contributed by atoms with Crippen LogP contribution in [-0.2, 0) is 9.84 Å². The van der Waals surface area contributed by atoms with Gasteiger partial charge in [0.1, 0.15) is 9.84 Å². The summed E-state index contributed by atoms with van der Waals surface area (Å²) in [5.41, 5.74) is 15.7. The van der Waals surface area contributed by atoms with Crippen LogP contribution in [0.25, 0.3) is 0 Å². The maximum absolute atomic E-state index is 11.1. The van der Waals surface area contributed by atoms with Crippen LogP contribution in [0, 0.1) is 0 Å². The van der Waals surface area contributed by atoms with E-state index in [2.05, 4.69) is 9.98 Å². The molecule has 1 aliphatic rings. The minimum atomic E-state index is -2.87. The zero-order valence-corrected chi connectivity index (χ0v) is 9.07. The highest BCUT2D eigenvalue weighted by Crippen LogP contribution is 2.15. The second kappa shape index (κ2) is 4.47. The molecule has 0 bridgehead atoms. The minimum Gasteiger partial charge on any atom is -0.370 e. The van der Waals surface area contributed by atoms with E-state index in [0.29, 0.717) is 12.8 Å². The second-order valence-electron chi connectivity index (χ2n) is 3.41. The number of hydrogen-bond acceptors (Lipinski definition) is 3. The molecule has 0 aromatic heterocycles. The number of rotatable bonds is 1. The van der Waals surface area contributed by atoms with Crippen LogP contribution in [0.15, 0.2) is 9.98 Å². The Hall–Kier alpha value is -1.31. The molecule has 0 aromatic carbocycles. The van der Waals surface area contributed by atoms with Crippen molar-refractivity contribution >= 4 is 21.8 Å². The largest absolute Gasteiger partial charge is 0.370 e. The standard InChI is InChI=1S/C7H15N5O2S/c8-6(9)12-7(10)11-5-1-3-15(13,14)4-2-5/h5H,1-4H2,(H6,8,9,10,11,12). The summed E-state index contributed by atoms with van der Waals surface area (Å²) in [7, 11) is -2.87. The molecular weight excluding hydrogens is 218 g/mol. The molecule has 0 atom stereocenters. The van der Waals surface area contributed by atoms with E-state index < -0.39 is 9.84 Å². The van der Waals surface area contributed by atoms with Crippen LogP contribution in [0.5, 0.6) is 0 Å². The van der Waals surface area contributed by atoms with E-state index >= 15 is 0 Å². The van der Waals surface area contributed by atoms with Gasteiger partial charge in [0, 0.05) is 0 Å². The van der Waals surface area contributed by atoms with Crippen molar-refractivity contribution in [2.75, 3.05) is 11.5 Å². The first-order chi connectivity index (χ1) is 6.89. The first-order valence-electron chi connectivity index (χ1n) is 4.52.